The molecular weight excluding hydrogens is 518 g/mol. The molecule has 3 heteroatoms. The predicted molar refractivity (Wildman–Crippen MR) is 189 cm³/mol. The number of thiazole rings is 1. The fraction of sp³-hybridized carbons (Fsp3) is 0.737. The molecule has 0 saturated carbocycles. The van der Waals surface area contributed by atoms with Crippen LogP contribution >= 0.6 is 11.3 Å². The third kappa shape index (κ3) is 21.0. The SMILES string of the molecule is C=C(/C=C\C)C(C)(C)CCC(C)(C)C/C=C(\C)c1csc(C(CCC)CCC)n1.CCC(C)=O.CCCCCCC. The van der Waals surface area contributed by atoms with Crippen LogP contribution in [0.25, 0.3) is 5.57 Å². The van der Waals surface area contributed by atoms with Crippen molar-refractivity contribution < 1.29 is 4.79 Å². The van der Waals surface area contributed by atoms with E-state index in [9.17, 15) is 4.79 Å². The molecule has 1 aromatic heterocycles. The molecule has 238 valence electrons. The maximum atomic E-state index is 9.81. The van der Waals surface area contributed by atoms with Crippen molar-refractivity contribution in [3.05, 3.63) is 46.5 Å². The predicted octanol–water partition coefficient (Wildman–Crippen LogP) is 13.5. The van der Waals surface area contributed by atoms with Gasteiger partial charge in [0.25, 0.3) is 0 Å². The zero-order valence-electron chi connectivity index (χ0n) is 29.5. The highest BCUT2D eigenvalue weighted by molar-refractivity contribution is 7.09. The first kappa shape index (κ1) is 41.7. The Kier molecular flexibility index (Phi) is 24.4. The summed E-state index contributed by atoms with van der Waals surface area (Å²) in [5, 5.41) is 3.59. The number of nitrogens with zero attached hydrogens (tertiary/aromatic N) is 1. The average Bonchev–Trinajstić information content (AvgIpc) is 3.42. The summed E-state index contributed by atoms with van der Waals surface area (Å²) in [4.78, 5) is 14.8. The summed E-state index contributed by atoms with van der Waals surface area (Å²) in [6.07, 6.45) is 22.7. The van der Waals surface area contributed by atoms with E-state index in [1.54, 1.807) is 6.92 Å². The number of rotatable bonds is 18. The molecule has 0 fully saturated rings. The molecule has 1 aromatic rings. The van der Waals surface area contributed by atoms with Crippen molar-refractivity contribution in [1.29, 1.82) is 0 Å². The van der Waals surface area contributed by atoms with E-state index < -0.39 is 0 Å². The van der Waals surface area contributed by atoms with Gasteiger partial charge in [0.2, 0.25) is 0 Å². The average molecular weight is 588 g/mol. The summed E-state index contributed by atoms with van der Waals surface area (Å²) in [5.74, 6) is 0.894. The van der Waals surface area contributed by atoms with Crippen molar-refractivity contribution >= 4 is 22.7 Å². The Morgan fingerprint density at radius 1 is 0.927 bits per heavy atom. The molecule has 0 spiro atoms. The Hall–Kier alpha value is -1.48. The van der Waals surface area contributed by atoms with Crippen LogP contribution in [0.4, 0.5) is 0 Å². The van der Waals surface area contributed by atoms with Crippen molar-refractivity contribution in [2.24, 2.45) is 10.8 Å². The van der Waals surface area contributed by atoms with Crippen molar-refractivity contribution in [2.75, 3.05) is 0 Å². The van der Waals surface area contributed by atoms with Gasteiger partial charge in [-0.1, -0.05) is 132 Å². The first-order valence-corrected chi connectivity index (χ1v) is 17.6. The molecule has 41 heavy (non-hydrogen) atoms. The lowest BCUT2D eigenvalue weighted by atomic mass is 9.74. The minimum Gasteiger partial charge on any atom is -0.300 e. The van der Waals surface area contributed by atoms with Gasteiger partial charge in [-0.2, -0.15) is 0 Å². The number of ketones is 1. The van der Waals surface area contributed by atoms with Crippen LogP contribution in [0.5, 0.6) is 0 Å². The van der Waals surface area contributed by atoms with Crippen molar-refractivity contribution in [1.82, 2.24) is 4.98 Å². The second kappa shape index (κ2) is 24.0. The molecule has 0 bridgehead atoms. The minimum atomic E-state index is 0.153. The standard InChI is InChI=1S/C27H45NS.C7H16.C4H8O/c1-10-13-22(5)27(8,9)19-18-26(6,7)17-16-21(4)24-20-29-25(28-24)23(14-11-2)15-12-3;1-3-5-7-6-4-2;1-3-4(2)5/h10,13,16,20,23H,5,11-12,14-15,17-19H2,1-4,6-9H3;3-7H2,1-2H3;3H2,1-2H3/b13-10-,21-16+;;. The van der Waals surface area contributed by atoms with Crippen molar-refractivity contribution in [3.8, 4) is 0 Å². The van der Waals surface area contributed by atoms with Crippen LogP contribution < -0.4 is 0 Å². The smallest absolute Gasteiger partial charge is 0.129 e. The lowest BCUT2D eigenvalue weighted by Gasteiger charge is -2.31. The molecular formula is C38H69NOS. The molecule has 0 radical (unpaired) electrons. The molecule has 0 saturated heterocycles. The molecule has 1 heterocycles. The number of unbranched alkanes of at least 4 members (excludes halogenated alkanes) is 4. The van der Waals surface area contributed by atoms with Gasteiger partial charge in [0.15, 0.2) is 0 Å². The van der Waals surface area contributed by atoms with Crippen LogP contribution in [0.15, 0.2) is 35.8 Å². The van der Waals surface area contributed by atoms with Gasteiger partial charge in [-0.15, -0.1) is 11.3 Å². The Morgan fingerprint density at radius 2 is 1.46 bits per heavy atom. The molecule has 0 N–H and O–H groups in total. The van der Waals surface area contributed by atoms with Crippen LogP contribution in [0, 0.1) is 10.8 Å². The molecule has 0 aliphatic carbocycles. The van der Waals surface area contributed by atoms with Crippen LogP contribution in [-0.4, -0.2) is 10.8 Å². The maximum Gasteiger partial charge on any atom is 0.129 e. The first-order valence-electron chi connectivity index (χ1n) is 16.7. The number of carbonyl (C=O) groups excluding carboxylic acids is 1. The van der Waals surface area contributed by atoms with E-state index in [1.165, 1.54) is 86.1 Å². The summed E-state index contributed by atoms with van der Waals surface area (Å²) in [6, 6.07) is 0. The lowest BCUT2D eigenvalue weighted by Crippen LogP contribution is -2.19. The molecule has 0 aliphatic heterocycles. The summed E-state index contributed by atoms with van der Waals surface area (Å²) >= 11 is 1.85. The third-order valence-corrected chi connectivity index (χ3v) is 8.89. The van der Waals surface area contributed by atoms with E-state index in [2.05, 4.69) is 99.4 Å². The Balaban J connectivity index is 0. The number of aromatic nitrogens is 1. The summed E-state index contributed by atoms with van der Waals surface area (Å²) in [7, 11) is 0. The van der Waals surface area contributed by atoms with Crippen LogP contribution in [-0.2, 0) is 4.79 Å². The molecule has 0 aliphatic rings. The second-order valence-electron chi connectivity index (χ2n) is 13.1. The Bertz CT molecular complexity index is 861. The van der Waals surface area contributed by atoms with Crippen molar-refractivity contribution in [2.45, 2.75) is 172 Å². The molecule has 0 amide bonds. The van der Waals surface area contributed by atoms with Gasteiger partial charge in [-0.05, 0) is 74.9 Å². The normalized spacial score (nSPS) is 12.2. The summed E-state index contributed by atoms with van der Waals surface area (Å²) < 4.78 is 0. The van der Waals surface area contributed by atoms with Crippen molar-refractivity contribution in [3.63, 3.8) is 0 Å². The third-order valence-electron chi connectivity index (χ3n) is 7.88. The Morgan fingerprint density at radius 3 is 1.90 bits per heavy atom. The highest BCUT2D eigenvalue weighted by Crippen LogP contribution is 2.38. The molecule has 0 unspecified atom stereocenters. The number of Topliss-reactive ketones (excluding diaryl/α,β-unsaturated/α-hetero) is 1. The fourth-order valence-electron chi connectivity index (χ4n) is 4.30. The maximum absolute atomic E-state index is 9.81. The van der Waals surface area contributed by atoms with Crippen LogP contribution in [0.3, 0.4) is 0 Å². The fourth-order valence-corrected chi connectivity index (χ4v) is 5.35. The van der Waals surface area contributed by atoms with Gasteiger partial charge in [-0.25, -0.2) is 4.98 Å². The van der Waals surface area contributed by atoms with E-state index in [4.69, 9.17) is 4.98 Å². The van der Waals surface area contributed by atoms with Gasteiger partial charge in [0.1, 0.15) is 5.78 Å². The lowest BCUT2D eigenvalue weighted by molar-refractivity contribution is -0.116. The molecule has 0 aromatic carbocycles. The minimum absolute atomic E-state index is 0.153. The highest BCUT2D eigenvalue weighted by Gasteiger charge is 2.25. The van der Waals surface area contributed by atoms with Crippen LogP contribution in [0.2, 0.25) is 0 Å². The topological polar surface area (TPSA) is 30.0 Å². The summed E-state index contributed by atoms with van der Waals surface area (Å²) in [5.41, 5.74) is 4.16. The number of hydrogen-bond acceptors (Lipinski definition) is 3. The molecule has 1 rings (SSSR count). The monoisotopic (exact) mass is 588 g/mol. The van der Waals surface area contributed by atoms with Crippen LogP contribution in [0.1, 0.15) is 183 Å². The van der Waals surface area contributed by atoms with E-state index >= 15 is 0 Å². The number of hydrogen-bond donors (Lipinski definition) is 0. The van der Waals surface area contributed by atoms with E-state index in [0.717, 1.165) is 12.8 Å². The van der Waals surface area contributed by atoms with Gasteiger partial charge in [0, 0.05) is 17.7 Å². The quantitative estimate of drug-likeness (QED) is 0.126. The molecule has 2 nitrogen and oxygen atoms in total. The number of carbonyl (C=O) groups is 1. The zero-order valence-corrected chi connectivity index (χ0v) is 30.4. The van der Waals surface area contributed by atoms with Gasteiger partial charge in [0.05, 0.1) is 10.7 Å². The van der Waals surface area contributed by atoms with E-state index in [0.29, 0.717) is 12.3 Å². The second-order valence-corrected chi connectivity index (χ2v) is 14.0. The summed E-state index contributed by atoms with van der Waals surface area (Å²) in [6.45, 7) is 30.4. The highest BCUT2D eigenvalue weighted by atomic mass is 32.1. The van der Waals surface area contributed by atoms with E-state index in [-0.39, 0.29) is 16.6 Å². The Labute approximate surface area is 261 Å². The van der Waals surface area contributed by atoms with Gasteiger partial charge in [-0.3, -0.25) is 0 Å². The van der Waals surface area contributed by atoms with Gasteiger partial charge >= 0.3 is 0 Å². The number of allylic oxidation sites excluding steroid dienone is 5. The zero-order chi connectivity index (χ0) is 31.9. The first-order chi connectivity index (χ1) is 19.2. The largest absolute Gasteiger partial charge is 0.300 e. The van der Waals surface area contributed by atoms with E-state index in [1.807, 2.05) is 18.3 Å². The van der Waals surface area contributed by atoms with Gasteiger partial charge < -0.3 is 4.79 Å². The molecule has 0 atom stereocenters.